The molecule has 0 aromatic heterocycles. The van der Waals surface area contributed by atoms with Gasteiger partial charge in [0, 0.05) is 36.0 Å². The van der Waals surface area contributed by atoms with Crippen molar-refractivity contribution < 1.29 is 24.5 Å². The smallest absolute Gasteiger partial charge is 0.252 e. The molecular formula is C27H33N5O5. The lowest BCUT2D eigenvalue weighted by atomic mass is 9.87. The van der Waals surface area contributed by atoms with Crippen LogP contribution in [0.15, 0.2) is 58.6 Å². The van der Waals surface area contributed by atoms with Crippen LogP contribution in [-0.4, -0.2) is 59.5 Å². The Kier molecular flexibility index (Phi) is 9.00. The fraction of sp³-hybridized carbons (Fsp3) is 0.481. The van der Waals surface area contributed by atoms with Gasteiger partial charge in [-0.2, -0.15) is 0 Å². The molecule has 0 radical (unpaired) electrons. The first-order valence-electron chi connectivity index (χ1n) is 12.7. The van der Waals surface area contributed by atoms with Crippen molar-refractivity contribution in [3.8, 4) is 5.75 Å². The highest BCUT2D eigenvalue weighted by Crippen LogP contribution is 2.30. The van der Waals surface area contributed by atoms with E-state index in [9.17, 15) is 9.90 Å². The summed E-state index contributed by atoms with van der Waals surface area (Å²) >= 11 is 0. The van der Waals surface area contributed by atoms with Gasteiger partial charge in [-0.25, -0.2) is 4.99 Å². The van der Waals surface area contributed by atoms with Gasteiger partial charge in [0.1, 0.15) is 12.4 Å². The normalized spacial score (nSPS) is 22.9. The Balaban J connectivity index is 1.59. The van der Waals surface area contributed by atoms with Crippen LogP contribution < -0.4 is 10.1 Å². The molecule has 1 saturated carbocycles. The van der Waals surface area contributed by atoms with Crippen LogP contribution in [0.2, 0.25) is 0 Å². The van der Waals surface area contributed by atoms with E-state index >= 15 is 0 Å². The number of aliphatic hydroxyl groups is 2. The number of amides is 1. The van der Waals surface area contributed by atoms with E-state index in [0.717, 1.165) is 16.7 Å². The molecule has 0 spiro atoms. The minimum absolute atomic E-state index is 0.0270. The second kappa shape index (κ2) is 12.6. The first-order chi connectivity index (χ1) is 18.0. The van der Waals surface area contributed by atoms with E-state index in [1.54, 1.807) is 12.1 Å². The molecule has 2 aromatic carbocycles. The molecule has 10 heteroatoms. The minimum atomic E-state index is -1.19. The van der Waals surface area contributed by atoms with Gasteiger partial charge >= 0.3 is 0 Å². The van der Waals surface area contributed by atoms with E-state index in [2.05, 4.69) is 15.3 Å². The molecule has 1 aliphatic carbocycles. The maximum absolute atomic E-state index is 13.7. The van der Waals surface area contributed by atoms with E-state index in [4.69, 9.17) is 25.1 Å². The van der Waals surface area contributed by atoms with Gasteiger partial charge in [0.15, 0.2) is 5.54 Å². The summed E-state index contributed by atoms with van der Waals surface area (Å²) in [6.45, 7) is 0.749. The Morgan fingerprint density at radius 2 is 1.89 bits per heavy atom. The molecule has 3 N–H and O–H groups in total. The molecule has 2 aliphatic rings. The van der Waals surface area contributed by atoms with E-state index in [-0.39, 0.29) is 44.2 Å². The van der Waals surface area contributed by atoms with Gasteiger partial charge in [0.2, 0.25) is 5.90 Å². The summed E-state index contributed by atoms with van der Waals surface area (Å²) in [5.41, 5.74) is 10.0. The molecule has 1 fully saturated rings. The monoisotopic (exact) mass is 507 g/mol. The van der Waals surface area contributed by atoms with Crippen LogP contribution in [0, 0.1) is 0 Å². The number of nitrogens with one attached hydrogen (secondary N) is 1. The lowest BCUT2D eigenvalue weighted by Crippen LogP contribution is -2.52. The fourth-order valence-electron chi connectivity index (χ4n) is 4.68. The number of carbonyl (C=O) groups excluding carboxylic acids is 1. The number of rotatable bonds is 11. The molecule has 1 amide bonds. The maximum atomic E-state index is 13.7. The molecule has 196 valence electrons. The lowest BCUT2D eigenvalue weighted by Gasteiger charge is -2.30. The van der Waals surface area contributed by atoms with Crippen LogP contribution >= 0.6 is 0 Å². The van der Waals surface area contributed by atoms with E-state index in [1.807, 2.05) is 36.4 Å². The highest BCUT2D eigenvalue weighted by atomic mass is 16.5. The third-order valence-corrected chi connectivity index (χ3v) is 6.80. The second-order valence-electron chi connectivity index (χ2n) is 9.50. The van der Waals surface area contributed by atoms with Crippen LogP contribution in [0.25, 0.3) is 10.4 Å². The summed E-state index contributed by atoms with van der Waals surface area (Å²) in [6, 6.07) is 14.8. The molecule has 0 saturated heterocycles. The van der Waals surface area contributed by atoms with Crippen molar-refractivity contribution in [2.45, 2.75) is 62.8 Å². The number of hydrogen-bond donors (Lipinski definition) is 3. The Bertz CT molecular complexity index is 1140. The van der Waals surface area contributed by atoms with Crippen LogP contribution in [0.3, 0.4) is 0 Å². The number of aliphatic hydroxyl groups excluding tert-OH is 2. The van der Waals surface area contributed by atoms with Gasteiger partial charge in [-0.15, -0.1) is 0 Å². The van der Waals surface area contributed by atoms with Gasteiger partial charge in [0.25, 0.3) is 5.91 Å². The number of carbonyl (C=O) groups is 1. The largest absolute Gasteiger partial charge is 0.494 e. The van der Waals surface area contributed by atoms with Gasteiger partial charge in [-0.1, -0.05) is 29.4 Å². The topological polar surface area (TPSA) is 149 Å². The predicted molar refractivity (Wildman–Crippen MR) is 138 cm³/mol. The lowest BCUT2D eigenvalue weighted by molar-refractivity contribution is -0.127. The summed E-state index contributed by atoms with van der Waals surface area (Å²) in [4.78, 5) is 21.5. The standard InChI is InChI=1S/C27H33N5O5/c28-32-29-17-21-5-2-1-4-20(21)16-27(26(35)30-22-8-10-23(34)11-9-22)18-37-25(31-27)19-6-12-24(13-7-19)36-15-3-14-33/h1-2,4-7,12-13,22-23,33-34H,3,8-11,14-18H2,(H,30,35)/t22?,23?,27-/m1/s1. The molecule has 1 heterocycles. The molecule has 10 nitrogen and oxygen atoms in total. The summed E-state index contributed by atoms with van der Waals surface area (Å²) < 4.78 is 11.6. The SMILES string of the molecule is [N-]=[N+]=NCc1ccccc1C[C@]1(C(=O)NC2CCC(O)CC2)COC(c2ccc(OCCCO)cc2)=N1. The zero-order valence-corrected chi connectivity index (χ0v) is 20.8. The molecule has 2 aromatic rings. The average Bonchev–Trinajstić information content (AvgIpc) is 3.35. The van der Waals surface area contributed by atoms with E-state index < -0.39 is 5.54 Å². The van der Waals surface area contributed by atoms with E-state index in [1.165, 1.54) is 0 Å². The number of nitrogens with zero attached hydrogens (tertiary/aromatic N) is 4. The molecule has 1 atom stereocenters. The van der Waals surface area contributed by atoms with Gasteiger partial charge < -0.3 is 25.0 Å². The summed E-state index contributed by atoms with van der Waals surface area (Å²) in [5, 5.41) is 25.6. The molecule has 37 heavy (non-hydrogen) atoms. The Hall–Kier alpha value is -3.59. The zero-order valence-electron chi connectivity index (χ0n) is 20.8. The summed E-state index contributed by atoms with van der Waals surface area (Å²) in [7, 11) is 0. The van der Waals surface area contributed by atoms with Crippen LogP contribution in [0.5, 0.6) is 5.75 Å². The Morgan fingerprint density at radius 3 is 2.59 bits per heavy atom. The third kappa shape index (κ3) is 6.80. The van der Waals surface area contributed by atoms with Crippen LogP contribution in [0.4, 0.5) is 0 Å². The highest BCUT2D eigenvalue weighted by Gasteiger charge is 2.45. The minimum Gasteiger partial charge on any atom is -0.494 e. The van der Waals surface area contributed by atoms with E-state index in [0.29, 0.717) is 50.4 Å². The quantitative estimate of drug-likeness (QED) is 0.184. The van der Waals surface area contributed by atoms with Crippen molar-refractivity contribution in [2.24, 2.45) is 10.1 Å². The van der Waals surface area contributed by atoms with Crippen molar-refractivity contribution in [3.63, 3.8) is 0 Å². The summed E-state index contributed by atoms with van der Waals surface area (Å²) in [5.74, 6) is 0.835. The first-order valence-corrected chi connectivity index (χ1v) is 12.7. The molecule has 1 aliphatic heterocycles. The zero-order chi connectivity index (χ0) is 26.1. The van der Waals surface area contributed by atoms with Gasteiger partial charge in [-0.05, 0) is 66.6 Å². The average molecular weight is 508 g/mol. The van der Waals surface area contributed by atoms with Crippen molar-refractivity contribution in [2.75, 3.05) is 19.8 Å². The van der Waals surface area contributed by atoms with Gasteiger partial charge in [0.05, 0.1) is 19.3 Å². The first kappa shape index (κ1) is 26.5. The number of benzene rings is 2. The van der Waals surface area contributed by atoms with Crippen LogP contribution in [0.1, 0.15) is 48.8 Å². The predicted octanol–water partition coefficient (Wildman–Crippen LogP) is 3.44. The maximum Gasteiger partial charge on any atom is 0.252 e. The Labute approximate surface area is 216 Å². The Morgan fingerprint density at radius 1 is 1.16 bits per heavy atom. The van der Waals surface area contributed by atoms with Crippen LogP contribution in [-0.2, 0) is 22.5 Å². The number of ether oxygens (including phenoxy) is 2. The highest BCUT2D eigenvalue weighted by molar-refractivity contribution is 6.00. The molecule has 0 unspecified atom stereocenters. The second-order valence-corrected chi connectivity index (χ2v) is 9.50. The fourth-order valence-corrected chi connectivity index (χ4v) is 4.68. The molecule has 0 bridgehead atoms. The summed E-state index contributed by atoms with van der Waals surface area (Å²) in [6.07, 6.45) is 3.27. The number of hydrogen-bond acceptors (Lipinski definition) is 7. The van der Waals surface area contributed by atoms with Crippen molar-refractivity contribution in [1.82, 2.24) is 5.32 Å². The molecular weight excluding hydrogens is 474 g/mol. The number of aliphatic imine (C=N–C) groups is 1. The number of azide groups is 1. The molecule has 4 rings (SSSR count). The van der Waals surface area contributed by atoms with Crippen molar-refractivity contribution >= 4 is 11.8 Å². The van der Waals surface area contributed by atoms with Gasteiger partial charge in [-0.3, -0.25) is 4.79 Å². The van der Waals surface area contributed by atoms with Crippen molar-refractivity contribution in [3.05, 3.63) is 75.7 Å². The third-order valence-electron chi connectivity index (χ3n) is 6.80. The van der Waals surface area contributed by atoms with Crippen molar-refractivity contribution in [1.29, 1.82) is 0 Å².